The molecule has 6 heteroatoms. The van der Waals surface area contributed by atoms with Crippen molar-refractivity contribution in [2.75, 3.05) is 0 Å². The number of hydrogen-bond donors (Lipinski definition) is 1. The second-order valence-electron chi connectivity index (χ2n) is 6.38. The number of carbonyl (C=O) groups is 1. The van der Waals surface area contributed by atoms with E-state index in [2.05, 4.69) is 26.5 Å². The highest BCUT2D eigenvalue weighted by molar-refractivity contribution is 9.10. The second kappa shape index (κ2) is 10.5. The van der Waals surface area contributed by atoms with Crippen LogP contribution >= 0.6 is 15.9 Å². The lowest BCUT2D eigenvalue weighted by molar-refractivity contribution is -0.121. The van der Waals surface area contributed by atoms with Gasteiger partial charge in [0.1, 0.15) is 18.2 Å². The van der Waals surface area contributed by atoms with Crippen LogP contribution in [0.3, 0.4) is 0 Å². The molecule has 1 N–H and O–H groups in total. The first-order valence-corrected chi connectivity index (χ1v) is 9.92. The van der Waals surface area contributed by atoms with E-state index in [4.69, 9.17) is 4.74 Å². The van der Waals surface area contributed by atoms with Gasteiger partial charge in [0.2, 0.25) is 5.91 Å². The zero-order chi connectivity index (χ0) is 20.5. The summed E-state index contributed by atoms with van der Waals surface area (Å²) in [6.45, 7) is 0.226. The van der Waals surface area contributed by atoms with Crippen molar-refractivity contribution in [2.24, 2.45) is 5.10 Å². The van der Waals surface area contributed by atoms with Crippen molar-refractivity contribution in [1.82, 2.24) is 5.43 Å². The molecule has 0 spiro atoms. The van der Waals surface area contributed by atoms with Gasteiger partial charge in [-0.3, -0.25) is 4.79 Å². The summed E-state index contributed by atoms with van der Waals surface area (Å²) in [7, 11) is 0. The molecule has 0 saturated heterocycles. The Balaban J connectivity index is 1.57. The maximum Gasteiger partial charge on any atom is 0.240 e. The lowest BCUT2D eigenvalue weighted by Gasteiger charge is -2.10. The molecule has 3 aromatic carbocycles. The summed E-state index contributed by atoms with van der Waals surface area (Å²) in [5.41, 5.74) is 5.06. The number of aryl methyl sites for hydroxylation is 1. The van der Waals surface area contributed by atoms with E-state index in [0.29, 0.717) is 24.2 Å². The lowest BCUT2D eigenvalue weighted by Crippen LogP contribution is -2.18. The van der Waals surface area contributed by atoms with Gasteiger partial charge in [-0.05, 0) is 47.9 Å². The molecule has 0 heterocycles. The molecule has 0 atom stereocenters. The van der Waals surface area contributed by atoms with Crippen LogP contribution in [0.4, 0.5) is 4.39 Å². The Hall–Kier alpha value is -2.99. The van der Waals surface area contributed by atoms with Gasteiger partial charge in [0.15, 0.2) is 0 Å². The third-order valence-corrected chi connectivity index (χ3v) is 4.62. The van der Waals surface area contributed by atoms with Gasteiger partial charge in [-0.15, -0.1) is 0 Å². The summed E-state index contributed by atoms with van der Waals surface area (Å²) in [6.07, 6.45) is 2.54. The fourth-order valence-corrected chi connectivity index (χ4v) is 3.05. The highest BCUT2D eigenvalue weighted by atomic mass is 79.9. The number of carbonyl (C=O) groups excluding carboxylic acids is 1. The summed E-state index contributed by atoms with van der Waals surface area (Å²) in [5.74, 6) is 0.115. The molecule has 4 nitrogen and oxygen atoms in total. The minimum atomic E-state index is -0.304. The van der Waals surface area contributed by atoms with Gasteiger partial charge in [0.25, 0.3) is 0 Å². The van der Waals surface area contributed by atoms with E-state index in [1.54, 1.807) is 18.2 Å². The number of ether oxygens (including phenoxy) is 1. The predicted octanol–water partition coefficient (Wildman–Crippen LogP) is 5.25. The first kappa shape index (κ1) is 20.7. The van der Waals surface area contributed by atoms with Crippen LogP contribution in [0.15, 0.2) is 82.4 Å². The predicted molar refractivity (Wildman–Crippen MR) is 115 cm³/mol. The highest BCUT2D eigenvalue weighted by Crippen LogP contribution is 2.23. The molecule has 148 valence electrons. The third kappa shape index (κ3) is 6.84. The van der Waals surface area contributed by atoms with Gasteiger partial charge in [-0.25, -0.2) is 9.82 Å². The normalized spacial score (nSPS) is 10.8. The first-order valence-electron chi connectivity index (χ1n) is 9.13. The molecule has 0 fully saturated rings. The molecular weight excluding hydrogens is 435 g/mol. The fraction of sp³-hybridized carbons (Fsp3) is 0.130. The standard InChI is InChI=1S/C23H20BrFN2O2/c24-20-10-11-22(29-16-18-7-4-8-21(25)13-18)19(14-20)15-26-27-23(28)12-9-17-5-2-1-3-6-17/h1-8,10-11,13-15H,9,12,16H2,(H,27,28)/b26-15-. The summed E-state index contributed by atoms with van der Waals surface area (Å²) in [4.78, 5) is 12.0. The van der Waals surface area contributed by atoms with E-state index in [0.717, 1.165) is 15.6 Å². The zero-order valence-corrected chi connectivity index (χ0v) is 17.2. The van der Waals surface area contributed by atoms with Crippen molar-refractivity contribution in [2.45, 2.75) is 19.4 Å². The Bertz CT molecular complexity index is 993. The van der Waals surface area contributed by atoms with E-state index < -0.39 is 0 Å². The maximum atomic E-state index is 13.3. The van der Waals surface area contributed by atoms with Crippen molar-refractivity contribution >= 4 is 28.1 Å². The maximum absolute atomic E-state index is 13.3. The van der Waals surface area contributed by atoms with Crippen LogP contribution in [0, 0.1) is 5.82 Å². The van der Waals surface area contributed by atoms with E-state index in [1.807, 2.05) is 42.5 Å². The topological polar surface area (TPSA) is 50.7 Å². The van der Waals surface area contributed by atoms with Gasteiger partial charge >= 0.3 is 0 Å². The van der Waals surface area contributed by atoms with Crippen molar-refractivity contribution in [3.63, 3.8) is 0 Å². The smallest absolute Gasteiger partial charge is 0.240 e. The summed E-state index contributed by atoms with van der Waals surface area (Å²) < 4.78 is 20.0. The van der Waals surface area contributed by atoms with Crippen LogP contribution in [0.5, 0.6) is 5.75 Å². The minimum absolute atomic E-state index is 0.165. The van der Waals surface area contributed by atoms with Crippen LogP contribution in [0.1, 0.15) is 23.1 Å². The Morgan fingerprint density at radius 3 is 2.62 bits per heavy atom. The van der Waals surface area contributed by atoms with Crippen LogP contribution < -0.4 is 10.2 Å². The molecule has 0 aliphatic heterocycles. The molecule has 0 radical (unpaired) electrons. The van der Waals surface area contributed by atoms with Crippen molar-refractivity contribution in [1.29, 1.82) is 0 Å². The third-order valence-electron chi connectivity index (χ3n) is 4.13. The summed E-state index contributed by atoms with van der Waals surface area (Å²) >= 11 is 3.42. The van der Waals surface area contributed by atoms with E-state index >= 15 is 0 Å². The first-order chi connectivity index (χ1) is 14.1. The van der Waals surface area contributed by atoms with Gasteiger partial charge in [0.05, 0.1) is 6.21 Å². The molecular formula is C23H20BrFN2O2. The van der Waals surface area contributed by atoms with Crippen LogP contribution in [-0.4, -0.2) is 12.1 Å². The van der Waals surface area contributed by atoms with E-state index in [9.17, 15) is 9.18 Å². The average molecular weight is 455 g/mol. The summed E-state index contributed by atoms with van der Waals surface area (Å²) in [5, 5.41) is 4.04. The number of hydrazone groups is 1. The highest BCUT2D eigenvalue weighted by Gasteiger charge is 2.05. The average Bonchev–Trinajstić information content (AvgIpc) is 2.72. The molecule has 0 aliphatic carbocycles. The molecule has 0 saturated carbocycles. The zero-order valence-electron chi connectivity index (χ0n) is 15.6. The Kier molecular flexibility index (Phi) is 7.53. The van der Waals surface area contributed by atoms with Crippen LogP contribution in [-0.2, 0) is 17.8 Å². The van der Waals surface area contributed by atoms with Crippen molar-refractivity contribution in [3.05, 3.63) is 99.8 Å². The molecule has 0 unspecified atom stereocenters. The van der Waals surface area contributed by atoms with Gasteiger partial charge in [-0.2, -0.15) is 5.10 Å². The van der Waals surface area contributed by atoms with E-state index in [-0.39, 0.29) is 18.3 Å². The Labute approximate surface area is 177 Å². The number of amides is 1. The van der Waals surface area contributed by atoms with E-state index in [1.165, 1.54) is 18.3 Å². The molecule has 3 rings (SSSR count). The lowest BCUT2D eigenvalue weighted by atomic mass is 10.1. The number of halogens is 2. The second-order valence-corrected chi connectivity index (χ2v) is 7.30. The Morgan fingerprint density at radius 2 is 1.83 bits per heavy atom. The largest absolute Gasteiger partial charge is 0.488 e. The van der Waals surface area contributed by atoms with Crippen LogP contribution in [0.2, 0.25) is 0 Å². The van der Waals surface area contributed by atoms with Crippen molar-refractivity contribution < 1.29 is 13.9 Å². The van der Waals surface area contributed by atoms with Crippen molar-refractivity contribution in [3.8, 4) is 5.75 Å². The molecule has 0 aromatic heterocycles. The fourth-order valence-electron chi connectivity index (χ4n) is 2.67. The number of benzene rings is 3. The van der Waals surface area contributed by atoms with Gasteiger partial charge in [0, 0.05) is 16.5 Å². The molecule has 0 bridgehead atoms. The molecule has 1 amide bonds. The monoisotopic (exact) mass is 454 g/mol. The molecule has 29 heavy (non-hydrogen) atoms. The minimum Gasteiger partial charge on any atom is -0.488 e. The number of rotatable bonds is 8. The Morgan fingerprint density at radius 1 is 1.03 bits per heavy atom. The van der Waals surface area contributed by atoms with Gasteiger partial charge < -0.3 is 4.74 Å². The van der Waals surface area contributed by atoms with Crippen LogP contribution in [0.25, 0.3) is 0 Å². The number of nitrogens with zero attached hydrogens (tertiary/aromatic N) is 1. The summed E-state index contributed by atoms with van der Waals surface area (Å²) in [6, 6.07) is 21.5. The molecule has 3 aromatic rings. The number of hydrogen-bond acceptors (Lipinski definition) is 3. The SMILES string of the molecule is O=C(CCc1ccccc1)N/N=C\c1cc(Br)ccc1OCc1cccc(F)c1. The van der Waals surface area contributed by atoms with Gasteiger partial charge in [-0.1, -0.05) is 58.4 Å². The number of nitrogens with one attached hydrogen (secondary N) is 1. The molecule has 0 aliphatic rings. The quantitative estimate of drug-likeness (QED) is 0.373.